The van der Waals surface area contributed by atoms with Gasteiger partial charge in [-0.05, 0) is 25.2 Å². The van der Waals surface area contributed by atoms with Crippen molar-refractivity contribution in [2.75, 3.05) is 13.1 Å². The first-order chi connectivity index (χ1) is 6.26. The van der Waals surface area contributed by atoms with Crippen LogP contribution in [0.15, 0.2) is 18.3 Å². The molecule has 0 bridgehead atoms. The normalized spacial score (nSPS) is 10.7. The quantitative estimate of drug-likeness (QED) is 0.765. The molecule has 0 aliphatic rings. The molecule has 0 saturated heterocycles. The SMILES string of the molecule is CCN(CC)Cc1ccc(O)cn1. The Kier molecular flexibility index (Phi) is 3.71. The van der Waals surface area contributed by atoms with Crippen LogP contribution in [-0.4, -0.2) is 28.1 Å². The number of aromatic hydroxyl groups is 1. The van der Waals surface area contributed by atoms with Crippen molar-refractivity contribution in [1.82, 2.24) is 9.88 Å². The summed E-state index contributed by atoms with van der Waals surface area (Å²) in [4.78, 5) is 6.40. The minimum atomic E-state index is 0.225. The van der Waals surface area contributed by atoms with E-state index in [0.29, 0.717) is 0 Å². The molecule has 1 aromatic heterocycles. The largest absolute Gasteiger partial charge is 0.506 e. The van der Waals surface area contributed by atoms with Crippen LogP contribution in [0.2, 0.25) is 0 Å². The summed E-state index contributed by atoms with van der Waals surface area (Å²) in [5.41, 5.74) is 1.00. The molecule has 1 aromatic rings. The summed E-state index contributed by atoms with van der Waals surface area (Å²) >= 11 is 0. The standard InChI is InChI=1S/C10H16N2O/c1-3-12(4-2)8-9-5-6-10(13)7-11-9/h5-7,13H,3-4,8H2,1-2H3. The average Bonchev–Trinajstić information content (AvgIpc) is 2.17. The molecule has 3 heteroatoms. The monoisotopic (exact) mass is 180 g/mol. The number of nitrogens with zero attached hydrogens (tertiary/aromatic N) is 2. The maximum absolute atomic E-state index is 9.03. The van der Waals surface area contributed by atoms with E-state index in [1.165, 1.54) is 6.20 Å². The van der Waals surface area contributed by atoms with Crippen LogP contribution in [0.25, 0.3) is 0 Å². The topological polar surface area (TPSA) is 36.4 Å². The van der Waals surface area contributed by atoms with Crippen LogP contribution in [-0.2, 0) is 6.54 Å². The molecule has 0 atom stereocenters. The van der Waals surface area contributed by atoms with Crippen LogP contribution in [0.5, 0.6) is 5.75 Å². The Morgan fingerprint density at radius 2 is 2.00 bits per heavy atom. The predicted octanol–water partition coefficient (Wildman–Crippen LogP) is 1.63. The molecule has 0 aliphatic heterocycles. The molecule has 1 heterocycles. The minimum absolute atomic E-state index is 0.225. The summed E-state index contributed by atoms with van der Waals surface area (Å²) in [7, 11) is 0. The molecule has 0 saturated carbocycles. The van der Waals surface area contributed by atoms with Crippen LogP contribution in [0.1, 0.15) is 19.5 Å². The molecule has 1 N–H and O–H groups in total. The highest BCUT2D eigenvalue weighted by molar-refractivity contribution is 5.17. The first-order valence-corrected chi connectivity index (χ1v) is 4.62. The third kappa shape index (κ3) is 3.03. The minimum Gasteiger partial charge on any atom is -0.506 e. The van der Waals surface area contributed by atoms with Gasteiger partial charge >= 0.3 is 0 Å². The van der Waals surface area contributed by atoms with Gasteiger partial charge in [0.2, 0.25) is 0 Å². The Hall–Kier alpha value is -1.09. The molecule has 0 spiro atoms. The fraction of sp³-hybridized carbons (Fsp3) is 0.500. The zero-order valence-corrected chi connectivity index (χ0v) is 8.20. The van der Waals surface area contributed by atoms with Gasteiger partial charge in [-0.2, -0.15) is 0 Å². The van der Waals surface area contributed by atoms with Crippen molar-refractivity contribution in [1.29, 1.82) is 0 Å². The third-order valence-corrected chi connectivity index (χ3v) is 2.09. The Morgan fingerprint density at radius 1 is 1.31 bits per heavy atom. The zero-order valence-electron chi connectivity index (χ0n) is 8.20. The summed E-state index contributed by atoms with van der Waals surface area (Å²) in [6.45, 7) is 7.17. The van der Waals surface area contributed by atoms with Gasteiger partial charge in [0.15, 0.2) is 0 Å². The van der Waals surface area contributed by atoms with Gasteiger partial charge in [-0.1, -0.05) is 13.8 Å². The summed E-state index contributed by atoms with van der Waals surface area (Å²) in [6, 6.07) is 3.53. The molecule has 0 unspecified atom stereocenters. The molecular formula is C10H16N2O. The van der Waals surface area contributed by atoms with E-state index < -0.39 is 0 Å². The van der Waals surface area contributed by atoms with E-state index in [0.717, 1.165) is 25.3 Å². The molecule has 13 heavy (non-hydrogen) atoms. The van der Waals surface area contributed by atoms with Crippen molar-refractivity contribution in [3.63, 3.8) is 0 Å². The van der Waals surface area contributed by atoms with Crippen molar-refractivity contribution in [3.05, 3.63) is 24.0 Å². The molecule has 0 aliphatic carbocycles. The van der Waals surface area contributed by atoms with Gasteiger partial charge < -0.3 is 5.11 Å². The molecular weight excluding hydrogens is 164 g/mol. The molecule has 3 nitrogen and oxygen atoms in total. The average molecular weight is 180 g/mol. The summed E-state index contributed by atoms with van der Waals surface area (Å²) in [5.74, 6) is 0.225. The van der Waals surface area contributed by atoms with Crippen molar-refractivity contribution in [2.24, 2.45) is 0 Å². The molecule has 0 radical (unpaired) electrons. The first kappa shape index (κ1) is 9.99. The van der Waals surface area contributed by atoms with E-state index >= 15 is 0 Å². The van der Waals surface area contributed by atoms with Gasteiger partial charge in [0.1, 0.15) is 5.75 Å². The second-order valence-electron chi connectivity index (χ2n) is 2.97. The summed E-state index contributed by atoms with van der Waals surface area (Å²) in [6.07, 6.45) is 1.48. The van der Waals surface area contributed by atoms with Crippen LogP contribution >= 0.6 is 0 Å². The van der Waals surface area contributed by atoms with Crippen LogP contribution in [0.4, 0.5) is 0 Å². The Balaban J connectivity index is 2.58. The van der Waals surface area contributed by atoms with Crippen molar-refractivity contribution >= 4 is 0 Å². The van der Waals surface area contributed by atoms with Gasteiger partial charge in [-0.3, -0.25) is 9.88 Å². The molecule has 0 aromatic carbocycles. The summed E-state index contributed by atoms with van der Waals surface area (Å²) < 4.78 is 0. The molecule has 0 amide bonds. The lowest BCUT2D eigenvalue weighted by Gasteiger charge is -2.16. The van der Waals surface area contributed by atoms with E-state index in [2.05, 4.69) is 23.7 Å². The van der Waals surface area contributed by atoms with Gasteiger partial charge in [-0.25, -0.2) is 0 Å². The van der Waals surface area contributed by atoms with Gasteiger partial charge in [0.25, 0.3) is 0 Å². The maximum atomic E-state index is 9.03. The summed E-state index contributed by atoms with van der Waals surface area (Å²) in [5, 5.41) is 9.03. The maximum Gasteiger partial charge on any atom is 0.133 e. The smallest absolute Gasteiger partial charge is 0.133 e. The first-order valence-electron chi connectivity index (χ1n) is 4.62. The highest BCUT2D eigenvalue weighted by atomic mass is 16.3. The van der Waals surface area contributed by atoms with Crippen LogP contribution in [0.3, 0.4) is 0 Å². The number of hydrogen-bond acceptors (Lipinski definition) is 3. The highest BCUT2D eigenvalue weighted by Gasteiger charge is 2.01. The molecule has 72 valence electrons. The second kappa shape index (κ2) is 4.82. The zero-order chi connectivity index (χ0) is 9.68. The van der Waals surface area contributed by atoms with E-state index in [-0.39, 0.29) is 5.75 Å². The fourth-order valence-electron chi connectivity index (χ4n) is 1.19. The highest BCUT2D eigenvalue weighted by Crippen LogP contribution is 2.07. The number of aromatic nitrogens is 1. The van der Waals surface area contributed by atoms with Gasteiger partial charge in [0.05, 0.1) is 11.9 Å². The van der Waals surface area contributed by atoms with E-state index in [4.69, 9.17) is 5.11 Å². The lowest BCUT2D eigenvalue weighted by atomic mass is 10.3. The van der Waals surface area contributed by atoms with Crippen LogP contribution in [0, 0.1) is 0 Å². The molecule has 1 rings (SSSR count). The van der Waals surface area contributed by atoms with Crippen LogP contribution < -0.4 is 0 Å². The van der Waals surface area contributed by atoms with E-state index in [1.807, 2.05) is 6.07 Å². The molecule has 0 fully saturated rings. The second-order valence-corrected chi connectivity index (χ2v) is 2.97. The lowest BCUT2D eigenvalue weighted by molar-refractivity contribution is 0.292. The fourth-order valence-corrected chi connectivity index (χ4v) is 1.19. The predicted molar refractivity (Wildman–Crippen MR) is 52.5 cm³/mol. The number of pyridine rings is 1. The Morgan fingerprint density at radius 3 is 2.46 bits per heavy atom. The van der Waals surface area contributed by atoms with E-state index in [9.17, 15) is 0 Å². The third-order valence-electron chi connectivity index (χ3n) is 2.09. The lowest BCUT2D eigenvalue weighted by Crippen LogP contribution is -2.22. The number of hydrogen-bond donors (Lipinski definition) is 1. The van der Waals surface area contributed by atoms with E-state index in [1.54, 1.807) is 6.07 Å². The number of rotatable bonds is 4. The van der Waals surface area contributed by atoms with Gasteiger partial charge in [-0.15, -0.1) is 0 Å². The van der Waals surface area contributed by atoms with Crippen molar-refractivity contribution in [2.45, 2.75) is 20.4 Å². The van der Waals surface area contributed by atoms with Crippen molar-refractivity contribution < 1.29 is 5.11 Å². The Labute approximate surface area is 79.0 Å². The Bertz CT molecular complexity index is 242. The van der Waals surface area contributed by atoms with Crippen molar-refractivity contribution in [3.8, 4) is 5.75 Å². The van der Waals surface area contributed by atoms with Gasteiger partial charge in [0, 0.05) is 6.54 Å².